The summed E-state index contributed by atoms with van der Waals surface area (Å²) in [4.78, 5) is 4.45. The van der Waals surface area contributed by atoms with Crippen molar-refractivity contribution < 1.29 is 0 Å². The number of fused-ring (bicyclic) bond motifs is 1. The largest absolute Gasteiger partial charge is 0.381 e. The van der Waals surface area contributed by atoms with E-state index in [9.17, 15) is 0 Å². The number of hydrogen-bond donors (Lipinski definition) is 1. The fraction of sp³-hybridized carbons (Fsp3) is 0.200. The third-order valence-corrected chi connectivity index (χ3v) is 4.10. The predicted molar refractivity (Wildman–Crippen MR) is 81.8 cm³/mol. The molecule has 5 heteroatoms. The van der Waals surface area contributed by atoms with E-state index in [1.807, 2.05) is 42.9 Å². The van der Waals surface area contributed by atoms with Gasteiger partial charge in [0.05, 0.1) is 15.2 Å². The average Bonchev–Trinajstić information content (AvgIpc) is 2.97. The fourth-order valence-electron chi connectivity index (χ4n) is 2.19. The Balaban J connectivity index is 1.77. The number of hydrogen-bond acceptors (Lipinski definition) is 4. The Morgan fingerprint density at radius 1 is 1.40 bits per heavy atom. The number of aryl methyl sites for hydroxylation is 2. The van der Waals surface area contributed by atoms with E-state index in [-0.39, 0.29) is 0 Å². The molecular weight excluding hydrogens is 268 g/mol. The van der Waals surface area contributed by atoms with E-state index >= 15 is 0 Å². The second-order valence-electron chi connectivity index (χ2n) is 4.73. The molecular formula is C15H14N4S. The molecule has 0 saturated carbocycles. The summed E-state index contributed by atoms with van der Waals surface area (Å²) in [6.07, 6.45) is 1.97. The van der Waals surface area contributed by atoms with Crippen LogP contribution in [0.3, 0.4) is 0 Å². The van der Waals surface area contributed by atoms with Gasteiger partial charge in [0.1, 0.15) is 11.8 Å². The summed E-state index contributed by atoms with van der Waals surface area (Å²) in [6, 6.07) is 10.3. The molecule has 100 valence electrons. The Morgan fingerprint density at radius 3 is 3.00 bits per heavy atom. The maximum Gasteiger partial charge on any atom is 0.120 e. The first-order valence-corrected chi connectivity index (χ1v) is 7.14. The molecule has 0 aliphatic carbocycles. The van der Waals surface area contributed by atoms with Gasteiger partial charge in [-0.3, -0.25) is 0 Å². The Morgan fingerprint density at radius 2 is 2.25 bits per heavy atom. The molecule has 4 nitrogen and oxygen atoms in total. The Bertz CT molecular complexity index is 807. The predicted octanol–water partition coefficient (Wildman–Crippen LogP) is 3.43. The van der Waals surface area contributed by atoms with Crippen molar-refractivity contribution in [3.05, 3.63) is 46.7 Å². The van der Waals surface area contributed by atoms with Gasteiger partial charge in [-0.15, -0.1) is 11.3 Å². The van der Waals surface area contributed by atoms with Crippen LogP contribution in [0.1, 0.15) is 16.3 Å². The topological polar surface area (TPSA) is 53.6 Å². The highest BCUT2D eigenvalue weighted by atomic mass is 32.1. The average molecular weight is 282 g/mol. The molecule has 1 aromatic carbocycles. The number of nitrogens with one attached hydrogen (secondary N) is 1. The summed E-state index contributed by atoms with van der Waals surface area (Å²) >= 11 is 1.70. The molecule has 2 aromatic heterocycles. The van der Waals surface area contributed by atoms with E-state index in [1.165, 1.54) is 4.70 Å². The van der Waals surface area contributed by atoms with Crippen LogP contribution in [0.2, 0.25) is 0 Å². The minimum absolute atomic E-state index is 0.676. The quantitative estimate of drug-likeness (QED) is 0.800. The monoisotopic (exact) mass is 282 g/mol. The van der Waals surface area contributed by atoms with Crippen LogP contribution in [-0.4, -0.2) is 9.55 Å². The van der Waals surface area contributed by atoms with Crippen LogP contribution in [0, 0.1) is 18.3 Å². The molecule has 20 heavy (non-hydrogen) atoms. The summed E-state index contributed by atoms with van der Waals surface area (Å²) < 4.78 is 3.03. The number of nitrogens with zero attached hydrogens (tertiary/aromatic N) is 3. The molecule has 1 N–H and O–H groups in total. The molecule has 3 aromatic rings. The summed E-state index contributed by atoms with van der Waals surface area (Å²) in [5.74, 6) is 0. The van der Waals surface area contributed by atoms with E-state index in [0.29, 0.717) is 12.2 Å². The van der Waals surface area contributed by atoms with Gasteiger partial charge in [0.2, 0.25) is 0 Å². The molecule has 0 amide bonds. The highest BCUT2D eigenvalue weighted by molar-refractivity contribution is 7.18. The lowest BCUT2D eigenvalue weighted by Crippen LogP contribution is -1.97. The highest BCUT2D eigenvalue weighted by Gasteiger charge is 2.04. The molecule has 0 radical (unpaired) electrons. The molecule has 0 bridgehead atoms. The zero-order valence-corrected chi connectivity index (χ0v) is 12.2. The van der Waals surface area contributed by atoms with Crippen molar-refractivity contribution in [2.24, 2.45) is 7.05 Å². The summed E-state index contributed by atoms with van der Waals surface area (Å²) in [7, 11) is 1.88. The number of anilines is 1. The first kappa shape index (κ1) is 12.7. The third kappa shape index (κ3) is 2.38. The number of thiazole rings is 1. The number of rotatable bonds is 3. The van der Waals surface area contributed by atoms with Crippen molar-refractivity contribution in [3.8, 4) is 6.07 Å². The Kier molecular flexibility index (Phi) is 3.17. The summed E-state index contributed by atoms with van der Waals surface area (Å²) in [5, 5.41) is 13.4. The van der Waals surface area contributed by atoms with Crippen LogP contribution >= 0.6 is 11.3 Å². The van der Waals surface area contributed by atoms with Crippen molar-refractivity contribution in [1.82, 2.24) is 9.55 Å². The standard InChI is InChI=1S/C15H14N4S/c1-10-18-14-4-3-12(6-15(14)20-10)17-8-11-5-13(7-16)19(2)9-11/h3-6,9,17H,8H2,1-2H3. The first-order chi connectivity index (χ1) is 9.65. The molecule has 0 unspecified atom stereocenters. The van der Waals surface area contributed by atoms with Crippen LogP contribution in [0.25, 0.3) is 10.2 Å². The van der Waals surface area contributed by atoms with Crippen LogP contribution in [0.15, 0.2) is 30.5 Å². The van der Waals surface area contributed by atoms with E-state index < -0.39 is 0 Å². The second-order valence-corrected chi connectivity index (χ2v) is 5.96. The van der Waals surface area contributed by atoms with Crippen molar-refractivity contribution in [2.75, 3.05) is 5.32 Å². The Hall–Kier alpha value is -2.32. The van der Waals surface area contributed by atoms with Gasteiger partial charge in [-0.2, -0.15) is 5.26 Å². The van der Waals surface area contributed by atoms with Gasteiger partial charge in [-0.25, -0.2) is 4.98 Å². The molecule has 2 heterocycles. The summed E-state index contributed by atoms with van der Waals surface area (Å²) in [6.45, 7) is 2.73. The Labute approximate surface area is 121 Å². The molecule has 0 fully saturated rings. The second kappa shape index (κ2) is 4.99. The highest BCUT2D eigenvalue weighted by Crippen LogP contribution is 2.25. The van der Waals surface area contributed by atoms with Gasteiger partial charge >= 0.3 is 0 Å². The van der Waals surface area contributed by atoms with Crippen LogP contribution in [-0.2, 0) is 13.6 Å². The van der Waals surface area contributed by atoms with Crippen molar-refractivity contribution in [3.63, 3.8) is 0 Å². The third-order valence-electron chi connectivity index (χ3n) is 3.17. The first-order valence-electron chi connectivity index (χ1n) is 6.32. The fourth-order valence-corrected chi connectivity index (χ4v) is 3.06. The summed E-state index contributed by atoms with van der Waals surface area (Å²) in [5.41, 5.74) is 3.90. The maximum absolute atomic E-state index is 8.94. The van der Waals surface area contributed by atoms with E-state index in [4.69, 9.17) is 5.26 Å². The zero-order valence-electron chi connectivity index (χ0n) is 11.3. The SMILES string of the molecule is Cc1nc2ccc(NCc3cc(C#N)n(C)c3)cc2s1. The van der Waals surface area contributed by atoms with Gasteiger partial charge in [-0.1, -0.05) is 0 Å². The molecule has 0 atom stereocenters. The normalized spacial score (nSPS) is 10.7. The molecule has 0 aliphatic rings. The lowest BCUT2D eigenvalue weighted by Gasteiger charge is -2.04. The van der Waals surface area contributed by atoms with Gasteiger partial charge in [0.25, 0.3) is 0 Å². The van der Waals surface area contributed by atoms with Gasteiger partial charge < -0.3 is 9.88 Å². The van der Waals surface area contributed by atoms with Crippen LogP contribution in [0.5, 0.6) is 0 Å². The van der Waals surface area contributed by atoms with E-state index in [2.05, 4.69) is 22.4 Å². The molecule has 0 aliphatic heterocycles. The van der Waals surface area contributed by atoms with Crippen molar-refractivity contribution in [1.29, 1.82) is 5.26 Å². The number of nitriles is 1. The van der Waals surface area contributed by atoms with Crippen LogP contribution in [0.4, 0.5) is 5.69 Å². The zero-order chi connectivity index (χ0) is 14.1. The lowest BCUT2D eigenvalue weighted by atomic mass is 10.2. The molecule has 0 saturated heterocycles. The minimum atomic E-state index is 0.676. The smallest absolute Gasteiger partial charge is 0.120 e. The molecule has 3 rings (SSSR count). The van der Waals surface area contributed by atoms with Crippen LogP contribution < -0.4 is 5.32 Å². The number of benzene rings is 1. The number of aromatic nitrogens is 2. The van der Waals surface area contributed by atoms with E-state index in [1.54, 1.807) is 11.3 Å². The molecule has 0 spiro atoms. The minimum Gasteiger partial charge on any atom is -0.381 e. The van der Waals surface area contributed by atoms with Gasteiger partial charge in [0.15, 0.2) is 0 Å². The van der Waals surface area contributed by atoms with Gasteiger partial charge in [0, 0.05) is 25.5 Å². The van der Waals surface area contributed by atoms with Crippen molar-refractivity contribution >= 4 is 27.2 Å². The lowest BCUT2D eigenvalue weighted by molar-refractivity contribution is 0.902. The van der Waals surface area contributed by atoms with E-state index in [0.717, 1.165) is 21.8 Å². The van der Waals surface area contributed by atoms with Gasteiger partial charge in [-0.05, 0) is 36.8 Å². The maximum atomic E-state index is 8.94. The van der Waals surface area contributed by atoms with Crippen molar-refractivity contribution in [2.45, 2.75) is 13.5 Å².